The van der Waals surface area contributed by atoms with E-state index in [1.54, 1.807) is 7.11 Å². The molecule has 0 saturated carbocycles. The highest BCUT2D eigenvalue weighted by molar-refractivity contribution is 5.54. The van der Waals surface area contributed by atoms with Crippen molar-refractivity contribution in [1.82, 2.24) is 5.32 Å². The number of nitrogens with one attached hydrogen (secondary N) is 1. The number of ether oxygens (including phenoxy) is 1. The maximum Gasteiger partial charge on any atom is 0.0587 e. The van der Waals surface area contributed by atoms with Crippen molar-refractivity contribution in [2.75, 3.05) is 26.8 Å². The lowest BCUT2D eigenvalue weighted by Gasteiger charge is -2.03. The molecule has 0 aliphatic carbocycles. The van der Waals surface area contributed by atoms with Crippen LogP contribution < -0.4 is 5.32 Å². The molecule has 1 aromatic carbocycles. The summed E-state index contributed by atoms with van der Waals surface area (Å²) in [5.74, 6) is 0. The summed E-state index contributed by atoms with van der Waals surface area (Å²) in [6.07, 6.45) is 5.49. The van der Waals surface area contributed by atoms with E-state index < -0.39 is 0 Å². The van der Waals surface area contributed by atoms with Crippen LogP contribution in [0.5, 0.6) is 0 Å². The van der Waals surface area contributed by atoms with Gasteiger partial charge in [0, 0.05) is 13.7 Å². The summed E-state index contributed by atoms with van der Waals surface area (Å²) >= 11 is 0. The van der Waals surface area contributed by atoms with Crippen molar-refractivity contribution in [2.24, 2.45) is 0 Å². The molecule has 1 N–H and O–H groups in total. The number of aryl methyl sites for hydroxylation is 2. The summed E-state index contributed by atoms with van der Waals surface area (Å²) in [4.78, 5) is 0. The largest absolute Gasteiger partial charge is 0.383 e. The summed E-state index contributed by atoms with van der Waals surface area (Å²) in [5, 5.41) is 3.32. The first-order chi connectivity index (χ1) is 8.24. The van der Waals surface area contributed by atoms with Crippen molar-refractivity contribution in [3.63, 3.8) is 0 Å². The molecule has 0 aliphatic rings. The standard InChI is InChI=1S/C15H23NO/c1-13-7-8-14(2)15(12-13)6-4-5-9-16-10-11-17-3/h4,6-8,12,16H,5,9-11H2,1-3H3. The second-order valence-electron chi connectivity index (χ2n) is 4.29. The van der Waals surface area contributed by atoms with E-state index in [0.717, 1.165) is 26.1 Å². The van der Waals surface area contributed by atoms with Crippen molar-refractivity contribution in [2.45, 2.75) is 20.3 Å². The highest BCUT2D eigenvalue weighted by Gasteiger charge is 1.93. The topological polar surface area (TPSA) is 21.3 Å². The molecule has 0 aromatic heterocycles. The summed E-state index contributed by atoms with van der Waals surface area (Å²) in [6, 6.07) is 6.55. The van der Waals surface area contributed by atoms with Gasteiger partial charge < -0.3 is 10.1 Å². The molecule has 0 amide bonds. The van der Waals surface area contributed by atoms with Crippen LogP contribution in [0.25, 0.3) is 6.08 Å². The van der Waals surface area contributed by atoms with E-state index in [-0.39, 0.29) is 0 Å². The van der Waals surface area contributed by atoms with Gasteiger partial charge in [-0.05, 0) is 37.9 Å². The lowest BCUT2D eigenvalue weighted by atomic mass is 10.1. The van der Waals surface area contributed by atoms with Gasteiger partial charge in [-0.1, -0.05) is 35.9 Å². The van der Waals surface area contributed by atoms with E-state index in [1.807, 2.05) is 0 Å². The van der Waals surface area contributed by atoms with Gasteiger partial charge in [0.15, 0.2) is 0 Å². The van der Waals surface area contributed by atoms with Gasteiger partial charge in [-0.3, -0.25) is 0 Å². The van der Waals surface area contributed by atoms with Gasteiger partial charge in [0.2, 0.25) is 0 Å². The molecule has 17 heavy (non-hydrogen) atoms. The molecule has 0 bridgehead atoms. The minimum atomic E-state index is 0.778. The molecule has 2 heteroatoms. The number of benzene rings is 1. The van der Waals surface area contributed by atoms with E-state index in [1.165, 1.54) is 16.7 Å². The van der Waals surface area contributed by atoms with Crippen molar-refractivity contribution in [3.05, 3.63) is 41.0 Å². The minimum absolute atomic E-state index is 0.778. The molecule has 0 unspecified atom stereocenters. The molecular formula is C15H23NO. The van der Waals surface area contributed by atoms with Crippen LogP contribution in [0.1, 0.15) is 23.1 Å². The summed E-state index contributed by atoms with van der Waals surface area (Å²) in [6.45, 7) is 6.98. The average molecular weight is 233 g/mol. The maximum absolute atomic E-state index is 4.97. The zero-order valence-electron chi connectivity index (χ0n) is 11.1. The van der Waals surface area contributed by atoms with Crippen LogP contribution in [0.2, 0.25) is 0 Å². The van der Waals surface area contributed by atoms with Gasteiger partial charge in [0.25, 0.3) is 0 Å². The second-order valence-corrected chi connectivity index (χ2v) is 4.29. The maximum atomic E-state index is 4.97. The minimum Gasteiger partial charge on any atom is -0.383 e. The third-order valence-electron chi connectivity index (χ3n) is 2.70. The molecule has 0 saturated heterocycles. The molecule has 0 heterocycles. The Morgan fingerprint density at radius 2 is 2.06 bits per heavy atom. The van der Waals surface area contributed by atoms with Crippen LogP contribution >= 0.6 is 0 Å². The molecule has 1 rings (SSSR count). The van der Waals surface area contributed by atoms with E-state index in [4.69, 9.17) is 4.74 Å². The lowest BCUT2D eigenvalue weighted by molar-refractivity contribution is 0.199. The fourth-order valence-corrected chi connectivity index (χ4v) is 1.63. The number of rotatable bonds is 7. The molecule has 2 nitrogen and oxygen atoms in total. The number of hydrogen-bond acceptors (Lipinski definition) is 2. The third-order valence-corrected chi connectivity index (χ3v) is 2.70. The Morgan fingerprint density at radius 1 is 1.24 bits per heavy atom. The summed E-state index contributed by atoms with van der Waals surface area (Å²) < 4.78 is 4.97. The fourth-order valence-electron chi connectivity index (χ4n) is 1.63. The predicted molar refractivity (Wildman–Crippen MR) is 74.3 cm³/mol. The van der Waals surface area contributed by atoms with E-state index >= 15 is 0 Å². The van der Waals surface area contributed by atoms with Crippen LogP contribution in [-0.4, -0.2) is 26.8 Å². The Labute approximate surface area is 105 Å². The smallest absolute Gasteiger partial charge is 0.0587 e. The molecule has 0 spiro atoms. The normalized spacial score (nSPS) is 11.2. The Kier molecular flexibility index (Phi) is 6.60. The molecular weight excluding hydrogens is 210 g/mol. The van der Waals surface area contributed by atoms with Gasteiger partial charge in [-0.2, -0.15) is 0 Å². The number of methoxy groups -OCH3 is 1. The van der Waals surface area contributed by atoms with E-state index in [9.17, 15) is 0 Å². The van der Waals surface area contributed by atoms with Crippen LogP contribution in [0.3, 0.4) is 0 Å². The molecule has 1 aromatic rings. The molecule has 0 fully saturated rings. The second kappa shape index (κ2) is 8.04. The Bertz CT molecular complexity index is 358. The first-order valence-corrected chi connectivity index (χ1v) is 6.17. The van der Waals surface area contributed by atoms with Gasteiger partial charge in [0.1, 0.15) is 0 Å². The van der Waals surface area contributed by atoms with E-state index in [2.05, 4.69) is 49.5 Å². The average Bonchev–Trinajstić information content (AvgIpc) is 2.32. The van der Waals surface area contributed by atoms with Gasteiger partial charge >= 0.3 is 0 Å². The highest BCUT2D eigenvalue weighted by atomic mass is 16.5. The fraction of sp³-hybridized carbons (Fsp3) is 0.467. The van der Waals surface area contributed by atoms with Gasteiger partial charge in [-0.15, -0.1) is 0 Å². The monoisotopic (exact) mass is 233 g/mol. The first kappa shape index (κ1) is 13.9. The summed E-state index contributed by atoms with van der Waals surface area (Å²) in [7, 11) is 1.72. The van der Waals surface area contributed by atoms with Crippen molar-refractivity contribution < 1.29 is 4.74 Å². The zero-order chi connectivity index (χ0) is 12.5. The predicted octanol–water partition coefficient (Wildman–Crippen LogP) is 2.94. The Balaban J connectivity index is 2.30. The van der Waals surface area contributed by atoms with Gasteiger partial charge in [-0.25, -0.2) is 0 Å². The SMILES string of the molecule is COCCNCCC=Cc1cc(C)ccc1C. The van der Waals surface area contributed by atoms with Crippen molar-refractivity contribution in [3.8, 4) is 0 Å². The Morgan fingerprint density at radius 3 is 2.82 bits per heavy atom. The van der Waals surface area contributed by atoms with Crippen molar-refractivity contribution in [1.29, 1.82) is 0 Å². The lowest BCUT2D eigenvalue weighted by Crippen LogP contribution is -2.19. The van der Waals surface area contributed by atoms with E-state index in [0.29, 0.717) is 0 Å². The summed E-state index contributed by atoms with van der Waals surface area (Å²) in [5.41, 5.74) is 3.97. The van der Waals surface area contributed by atoms with Crippen LogP contribution in [-0.2, 0) is 4.74 Å². The quantitative estimate of drug-likeness (QED) is 0.731. The molecule has 0 aliphatic heterocycles. The molecule has 0 atom stereocenters. The van der Waals surface area contributed by atoms with Gasteiger partial charge in [0.05, 0.1) is 6.61 Å². The number of hydrogen-bond donors (Lipinski definition) is 1. The zero-order valence-corrected chi connectivity index (χ0v) is 11.1. The molecule has 94 valence electrons. The van der Waals surface area contributed by atoms with Crippen molar-refractivity contribution >= 4 is 6.08 Å². The first-order valence-electron chi connectivity index (χ1n) is 6.17. The highest BCUT2D eigenvalue weighted by Crippen LogP contribution is 2.12. The Hall–Kier alpha value is -1.12. The van der Waals surface area contributed by atoms with Crippen LogP contribution in [0.15, 0.2) is 24.3 Å². The van der Waals surface area contributed by atoms with Crippen LogP contribution in [0.4, 0.5) is 0 Å². The molecule has 0 radical (unpaired) electrons. The third kappa shape index (κ3) is 5.66. The van der Waals surface area contributed by atoms with Crippen LogP contribution in [0, 0.1) is 13.8 Å².